The molecule has 0 saturated carbocycles. The van der Waals surface area contributed by atoms with Crippen molar-refractivity contribution in [3.8, 4) is 11.5 Å². The minimum Gasteiger partial charge on any atom is -0.495 e. The van der Waals surface area contributed by atoms with Gasteiger partial charge in [0, 0.05) is 10.7 Å². The Hall–Kier alpha value is -2.11. The first-order valence-corrected chi connectivity index (χ1v) is 8.06. The number of guanidine groups is 1. The molecule has 2 aromatic rings. The molecular weight excluding hydrogens is 349 g/mol. The number of hydrogen-bond acceptors (Lipinski definition) is 3. The zero-order valence-electron chi connectivity index (χ0n) is 13.4. The molecule has 0 aliphatic heterocycles. The summed E-state index contributed by atoms with van der Waals surface area (Å²) in [6.45, 7) is 2.30. The maximum atomic E-state index is 6.07. The number of aliphatic imine (C=N–C) groups is 1. The third kappa shape index (κ3) is 5.51. The zero-order valence-corrected chi connectivity index (χ0v) is 14.9. The second kappa shape index (κ2) is 8.66. The molecule has 0 aliphatic rings. The topological polar surface area (TPSA) is 68.9 Å². The van der Waals surface area contributed by atoms with Crippen LogP contribution in [-0.2, 0) is 0 Å². The number of ether oxygens (including phenoxy) is 2. The van der Waals surface area contributed by atoms with Gasteiger partial charge >= 0.3 is 0 Å². The first kappa shape index (κ1) is 18.2. The molecule has 1 unspecified atom stereocenters. The molecule has 7 heteroatoms. The summed E-state index contributed by atoms with van der Waals surface area (Å²) in [7, 11) is 1.56. The van der Waals surface area contributed by atoms with E-state index in [9.17, 15) is 0 Å². The molecule has 0 spiro atoms. The first-order chi connectivity index (χ1) is 11.5. The minimum absolute atomic E-state index is 0.150. The molecule has 0 saturated heterocycles. The van der Waals surface area contributed by atoms with Gasteiger partial charge in [0.25, 0.3) is 0 Å². The maximum absolute atomic E-state index is 6.07. The number of hydrogen-bond donors (Lipinski definition) is 2. The quantitative estimate of drug-likeness (QED) is 0.592. The van der Waals surface area contributed by atoms with Crippen LogP contribution in [0, 0.1) is 0 Å². The van der Waals surface area contributed by atoms with Crippen LogP contribution >= 0.6 is 23.2 Å². The molecule has 0 aliphatic carbocycles. The molecule has 2 aromatic carbocycles. The lowest BCUT2D eigenvalue weighted by Crippen LogP contribution is -2.25. The third-order valence-electron chi connectivity index (χ3n) is 3.08. The fourth-order valence-electron chi connectivity index (χ4n) is 1.97. The summed E-state index contributed by atoms with van der Waals surface area (Å²) in [6, 6.07) is 12.5. The van der Waals surface area contributed by atoms with Crippen LogP contribution in [0.25, 0.3) is 0 Å². The van der Waals surface area contributed by atoms with Gasteiger partial charge in [0.15, 0.2) is 5.96 Å². The van der Waals surface area contributed by atoms with Crippen molar-refractivity contribution in [2.24, 2.45) is 10.7 Å². The molecule has 2 rings (SSSR count). The Balaban J connectivity index is 1.90. The number of rotatable bonds is 6. The van der Waals surface area contributed by atoms with Crippen molar-refractivity contribution in [3.63, 3.8) is 0 Å². The van der Waals surface area contributed by atoms with E-state index in [2.05, 4.69) is 10.3 Å². The fraction of sp³-hybridized carbons (Fsp3) is 0.235. The van der Waals surface area contributed by atoms with Crippen molar-refractivity contribution < 1.29 is 9.47 Å². The van der Waals surface area contributed by atoms with Gasteiger partial charge in [-0.05, 0) is 43.3 Å². The van der Waals surface area contributed by atoms with E-state index in [1.54, 1.807) is 37.4 Å². The van der Waals surface area contributed by atoms with Crippen LogP contribution in [-0.4, -0.2) is 25.7 Å². The maximum Gasteiger partial charge on any atom is 0.193 e. The Morgan fingerprint density at radius 2 is 2.04 bits per heavy atom. The standard InChI is InChI=1S/C17H19Cl2N3O2/c1-11(24-14-5-3-4-12(18)8-14)10-21-17(20)22-13-6-7-16(23-2)15(19)9-13/h3-9,11H,10H2,1-2H3,(H3,20,21,22). The molecule has 3 N–H and O–H groups in total. The summed E-state index contributed by atoms with van der Waals surface area (Å²) in [4.78, 5) is 4.26. The lowest BCUT2D eigenvalue weighted by molar-refractivity contribution is 0.230. The average molecular weight is 368 g/mol. The molecule has 128 valence electrons. The van der Waals surface area contributed by atoms with Crippen molar-refractivity contribution >= 4 is 34.8 Å². The van der Waals surface area contributed by atoms with Crippen LogP contribution in [0.15, 0.2) is 47.5 Å². The van der Waals surface area contributed by atoms with E-state index < -0.39 is 0 Å². The van der Waals surface area contributed by atoms with E-state index in [0.717, 1.165) is 5.69 Å². The Kier molecular flexibility index (Phi) is 6.58. The van der Waals surface area contributed by atoms with E-state index in [1.165, 1.54) is 0 Å². The number of anilines is 1. The number of nitrogens with two attached hydrogens (primary N) is 1. The van der Waals surface area contributed by atoms with Gasteiger partial charge in [-0.25, -0.2) is 4.99 Å². The van der Waals surface area contributed by atoms with Gasteiger partial charge in [0.2, 0.25) is 0 Å². The summed E-state index contributed by atoms with van der Waals surface area (Å²) in [5.74, 6) is 1.57. The minimum atomic E-state index is -0.150. The predicted octanol–water partition coefficient (Wildman–Crippen LogP) is 4.20. The summed E-state index contributed by atoms with van der Waals surface area (Å²) < 4.78 is 10.8. The van der Waals surface area contributed by atoms with Crippen LogP contribution in [0.2, 0.25) is 10.0 Å². The van der Waals surface area contributed by atoms with Crippen molar-refractivity contribution in [3.05, 3.63) is 52.5 Å². The van der Waals surface area contributed by atoms with E-state index >= 15 is 0 Å². The van der Waals surface area contributed by atoms with Gasteiger partial charge in [-0.1, -0.05) is 29.3 Å². The summed E-state index contributed by atoms with van der Waals surface area (Å²) >= 11 is 12.0. The van der Waals surface area contributed by atoms with Crippen LogP contribution in [0.4, 0.5) is 5.69 Å². The average Bonchev–Trinajstić information content (AvgIpc) is 2.53. The smallest absolute Gasteiger partial charge is 0.193 e. The van der Waals surface area contributed by atoms with Gasteiger partial charge in [-0.15, -0.1) is 0 Å². The highest BCUT2D eigenvalue weighted by molar-refractivity contribution is 6.32. The highest BCUT2D eigenvalue weighted by atomic mass is 35.5. The Morgan fingerprint density at radius 1 is 1.25 bits per heavy atom. The van der Waals surface area contributed by atoms with Crippen LogP contribution in [0.3, 0.4) is 0 Å². The van der Waals surface area contributed by atoms with Gasteiger partial charge in [-0.2, -0.15) is 0 Å². The second-order valence-corrected chi connectivity index (χ2v) is 5.93. The normalized spacial score (nSPS) is 12.6. The number of halogens is 2. The molecular formula is C17H19Cl2N3O2. The van der Waals surface area contributed by atoms with E-state index in [1.807, 2.05) is 19.1 Å². The van der Waals surface area contributed by atoms with Crippen molar-refractivity contribution in [1.82, 2.24) is 0 Å². The molecule has 0 aromatic heterocycles. The largest absolute Gasteiger partial charge is 0.495 e. The van der Waals surface area contributed by atoms with Crippen molar-refractivity contribution in [1.29, 1.82) is 0 Å². The highest BCUT2D eigenvalue weighted by Crippen LogP contribution is 2.27. The Bertz CT molecular complexity index is 723. The highest BCUT2D eigenvalue weighted by Gasteiger charge is 2.05. The van der Waals surface area contributed by atoms with Crippen LogP contribution < -0.4 is 20.5 Å². The van der Waals surface area contributed by atoms with Crippen molar-refractivity contribution in [2.75, 3.05) is 19.0 Å². The van der Waals surface area contributed by atoms with E-state index in [-0.39, 0.29) is 12.1 Å². The van der Waals surface area contributed by atoms with Crippen LogP contribution in [0.1, 0.15) is 6.92 Å². The van der Waals surface area contributed by atoms with E-state index in [4.69, 9.17) is 38.4 Å². The molecule has 0 bridgehead atoms. The summed E-state index contributed by atoms with van der Waals surface area (Å²) in [6.07, 6.45) is -0.150. The van der Waals surface area contributed by atoms with Gasteiger partial charge in [0.1, 0.15) is 17.6 Å². The molecule has 0 amide bonds. The molecule has 0 radical (unpaired) electrons. The number of nitrogens with one attached hydrogen (secondary N) is 1. The molecule has 5 nitrogen and oxygen atoms in total. The fourth-order valence-corrected chi connectivity index (χ4v) is 2.41. The van der Waals surface area contributed by atoms with Gasteiger partial charge < -0.3 is 20.5 Å². The molecule has 1 atom stereocenters. The Morgan fingerprint density at radius 3 is 2.71 bits per heavy atom. The van der Waals surface area contributed by atoms with E-state index in [0.29, 0.717) is 28.1 Å². The van der Waals surface area contributed by atoms with Gasteiger partial charge in [0.05, 0.1) is 18.7 Å². The number of nitrogens with zero attached hydrogens (tertiary/aromatic N) is 1. The Labute approximate surface area is 151 Å². The van der Waals surface area contributed by atoms with Crippen molar-refractivity contribution in [2.45, 2.75) is 13.0 Å². The van der Waals surface area contributed by atoms with Gasteiger partial charge in [-0.3, -0.25) is 0 Å². The zero-order chi connectivity index (χ0) is 17.5. The number of benzene rings is 2. The molecule has 24 heavy (non-hydrogen) atoms. The van der Waals surface area contributed by atoms with Crippen LogP contribution in [0.5, 0.6) is 11.5 Å². The summed E-state index contributed by atoms with van der Waals surface area (Å²) in [5.41, 5.74) is 6.61. The second-order valence-electron chi connectivity index (χ2n) is 5.09. The molecule has 0 fully saturated rings. The number of methoxy groups -OCH3 is 1. The predicted molar refractivity (Wildman–Crippen MR) is 99.7 cm³/mol. The lowest BCUT2D eigenvalue weighted by Gasteiger charge is -2.13. The molecule has 0 heterocycles. The SMILES string of the molecule is COc1ccc(NC(N)=NCC(C)Oc2cccc(Cl)c2)cc1Cl. The summed E-state index contributed by atoms with van der Waals surface area (Å²) in [5, 5.41) is 4.09. The monoisotopic (exact) mass is 367 g/mol. The lowest BCUT2D eigenvalue weighted by atomic mass is 10.3. The first-order valence-electron chi connectivity index (χ1n) is 7.30. The third-order valence-corrected chi connectivity index (χ3v) is 3.61.